The first-order valence-corrected chi connectivity index (χ1v) is 11.4. The van der Waals surface area contributed by atoms with Gasteiger partial charge >= 0.3 is 0 Å². The minimum Gasteiger partial charge on any atom is -0.455 e. The molecule has 0 aliphatic rings. The zero-order valence-electron chi connectivity index (χ0n) is 17.6. The number of aromatic nitrogens is 1. The number of halogens is 1. The quantitative estimate of drug-likeness (QED) is 0.365. The Labute approximate surface area is 189 Å². The van der Waals surface area contributed by atoms with Crippen molar-refractivity contribution in [2.75, 3.05) is 12.4 Å². The van der Waals surface area contributed by atoms with E-state index in [0.29, 0.717) is 22.1 Å². The van der Waals surface area contributed by atoms with Crippen LogP contribution in [0.4, 0.5) is 5.69 Å². The maximum absolute atomic E-state index is 12.8. The Hall–Kier alpha value is -3.21. The van der Waals surface area contributed by atoms with Crippen molar-refractivity contribution in [3.8, 4) is 0 Å². The molecule has 0 spiro atoms. The number of rotatable bonds is 6. The third-order valence-corrected chi connectivity index (χ3v) is 5.73. The van der Waals surface area contributed by atoms with Crippen molar-refractivity contribution in [3.05, 3.63) is 68.8 Å². The van der Waals surface area contributed by atoms with E-state index in [1.165, 1.54) is 30.6 Å². The van der Waals surface area contributed by atoms with Crippen molar-refractivity contribution in [1.82, 2.24) is 4.98 Å². The third kappa shape index (κ3) is 4.82. The van der Waals surface area contributed by atoms with Gasteiger partial charge in [-0.15, -0.1) is 0 Å². The normalized spacial score (nSPS) is 13.6. The molecule has 32 heavy (non-hydrogen) atoms. The van der Waals surface area contributed by atoms with E-state index < -0.39 is 16.1 Å². The predicted octanol–water partition coefficient (Wildman–Crippen LogP) is 2.97. The smallest absolute Gasteiger partial charge is 0.257 e. The van der Waals surface area contributed by atoms with E-state index >= 15 is 0 Å². The summed E-state index contributed by atoms with van der Waals surface area (Å²) in [5.41, 5.74) is 7.81. The molecule has 0 saturated carbocycles. The molecule has 0 aliphatic heterocycles. The Morgan fingerprint density at radius 3 is 2.66 bits per heavy atom. The number of fused-ring (bicyclic) bond motifs is 1. The Kier molecular flexibility index (Phi) is 6.68. The number of sulfonamides is 1. The number of benzene rings is 1. The van der Waals surface area contributed by atoms with Crippen LogP contribution in [0.25, 0.3) is 16.5 Å². The van der Waals surface area contributed by atoms with Crippen LogP contribution in [0.5, 0.6) is 0 Å². The maximum atomic E-state index is 12.8. The van der Waals surface area contributed by atoms with E-state index in [-0.39, 0.29) is 27.1 Å². The highest BCUT2D eigenvalue weighted by molar-refractivity contribution is 7.89. The lowest BCUT2D eigenvalue weighted by Gasteiger charge is -2.19. The second-order valence-corrected chi connectivity index (χ2v) is 8.98. The number of nitrogens with zero attached hydrogens (tertiary/aromatic N) is 2. The zero-order chi connectivity index (χ0) is 23.6. The molecule has 1 aromatic carbocycles. The summed E-state index contributed by atoms with van der Waals surface area (Å²) in [6.07, 6.45) is 2.78. The second-order valence-electron chi connectivity index (χ2n) is 7.11. The first-order valence-electron chi connectivity index (χ1n) is 9.44. The molecule has 0 fully saturated rings. The fraction of sp³-hybridized carbons (Fsp3) is 0.190. The number of aliphatic imine (C=N–C) groups is 1. The predicted molar refractivity (Wildman–Crippen MR) is 126 cm³/mol. The van der Waals surface area contributed by atoms with Crippen LogP contribution in [0.1, 0.15) is 29.9 Å². The Bertz CT molecular complexity index is 1410. The molecular weight excluding hydrogens is 454 g/mol. The molecule has 0 unspecified atom stereocenters. The van der Waals surface area contributed by atoms with Crippen molar-refractivity contribution in [2.24, 2.45) is 15.9 Å². The van der Waals surface area contributed by atoms with Crippen LogP contribution >= 0.6 is 11.6 Å². The number of anilines is 1. The van der Waals surface area contributed by atoms with Crippen molar-refractivity contribution in [1.29, 1.82) is 0 Å². The van der Waals surface area contributed by atoms with Crippen LogP contribution in [0, 0.1) is 6.92 Å². The first-order chi connectivity index (χ1) is 15.0. The van der Waals surface area contributed by atoms with Crippen LogP contribution in [0.15, 0.2) is 55.8 Å². The number of hydrogen-bond donors (Lipinski definition) is 3. The van der Waals surface area contributed by atoms with E-state index in [1.54, 1.807) is 20.0 Å². The van der Waals surface area contributed by atoms with Gasteiger partial charge in [-0.1, -0.05) is 17.7 Å². The second kappa shape index (κ2) is 9.11. The summed E-state index contributed by atoms with van der Waals surface area (Å²) in [5.74, 6) is 0.256. The molecule has 1 atom stereocenters. The van der Waals surface area contributed by atoms with Crippen LogP contribution in [0.2, 0.25) is 5.15 Å². The summed E-state index contributed by atoms with van der Waals surface area (Å²) in [6.45, 7) is 3.63. The van der Waals surface area contributed by atoms with Gasteiger partial charge in [0, 0.05) is 31.1 Å². The summed E-state index contributed by atoms with van der Waals surface area (Å²) in [5, 5.41) is 8.35. The molecule has 3 rings (SSSR count). The molecule has 2 heterocycles. The van der Waals surface area contributed by atoms with Crippen LogP contribution < -0.4 is 21.6 Å². The van der Waals surface area contributed by atoms with Gasteiger partial charge in [-0.05, 0) is 37.6 Å². The number of aryl methyl sites for hydroxylation is 1. The van der Waals surface area contributed by atoms with E-state index in [9.17, 15) is 13.2 Å². The number of pyridine rings is 1. The van der Waals surface area contributed by atoms with Crippen molar-refractivity contribution < 1.29 is 12.8 Å². The Balaban J connectivity index is 2.19. The van der Waals surface area contributed by atoms with Gasteiger partial charge in [0.15, 0.2) is 10.5 Å². The molecule has 0 saturated heterocycles. The number of nitrogens with two attached hydrogens (primary N) is 2. The molecule has 5 N–H and O–H groups in total. The number of nitrogens with one attached hydrogen (secondary N) is 1. The molecule has 0 bridgehead atoms. The van der Waals surface area contributed by atoms with Crippen molar-refractivity contribution in [3.63, 3.8) is 0 Å². The van der Waals surface area contributed by atoms with Gasteiger partial charge in [0.25, 0.3) is 10.0 Å². The highest BCUT2D eigenvalue weighted by Gasteiger charge is 2.21. The maximum Gasteiger partial charge on any atom is 0.257 e. The van der Waals surface area contributed by atoms with Crippen LogP contribution in [-0.2, 0) is 10.0 Å². The molecule has 2 aromatic heterocycles. The van der Waals surface area contributed by atoms with Gasteiger partial charge in [-0.25, -0.2) is 18.5 Å². The highest BCUT2D eigenvalue weighted by atomic mass is 35.5. The minimum absolute atomic E-state index is 0.0115. The van der Waals surface area contributed by atoms with Gasteiger partial charge < -0.3 is 15.5 Å². The standard InChI is InChI=1S/C21H22ClN5O4S/c1-11-6-14(12(2)26-16-4-5-19(22)27-21(16)32(24,29)30)20-15(7-11)17(28)8-18(31-20)13(9-23)10-25-3/h4-10,12,26H,23H2,1-3H3,(H2,24,29,30)/t12-/m1/s1. The summed E-state index contributed by atoms with van der Waals surface area (Å²) in [4.78, 5) is 20.6. The Morgan fingerprint density at radius 1 is 1.31 bits per heavy atom. The van der Waals surface area contributed by atoms with E-state index in [1.807, 2.05) is 13.0 Å². The number of allylic oxidation sites excluding steroid dienone is 1. The van der Waals surface area contributed by atoms with Crippen LogP contribution in [0.3, 0.4) is 0 Å². The highest BCUT2D eigenvalue weighted by Crippen LogP contribution is 2.31. The average Bonchev–Trinajstić information content (AvgIpc) is 2.72. The summed E-state index contributed by atoms with van der Waals surface area (Å²) < 4.78 is 30.0. The summed E-state index contributed by atoms with van der Waals surface area (Å²) in [6, 6.07) is 7.34. The monoisotopic (exact) mass is 475 g/mol. The van der Waals surface area contributed by atoms with E-state index in [4.69, 9.17) is 26.9 Å². The summed E-state index contributed by atoms with van der Waals surface area (Å²) >= 11 is 5.84. The summed E-state index contributed by atoms with van der Waals surface area (Å²) in [7, 11) is -2.56. The minimum atomic E-state index is -4.14. The SMILES string of the molecule is CN=CC(=CN)c1cc(=O)c2cc(C)cc([C@@H](C)Nc3ccc(Cl)nc3S(N)(=O)=O)c2o1. The average molecular weight is 476 g/mol. The zero-order valence-corrected chi connectivity index (χ0v) is 19.2. The van der Waals surface area contributed by atoms with Gasteiger partial charge in [0.2, 0.25) is 0 Å². The van der Waals surface area contributed by atoms with Gasteiger partial charge in [-0.3, -0.25) is 9.79 Å². The van der Waals surface area contributed by atoms with Crippen molar-refractivity contribution in [2.45, 2.75) is 24.9 Å². The van der Waals surface area contributed by atoms with Crippen LogP contribution in [-0.4, -0.2) is 26.7 Å². The lowest BCUT2D eigenvalue weighted by atomic mass is 10.0. The lowest BCUT2D eigenvalue weighted by Crippen LogP contribution is -2.18. The lowest BCUT2D eigenvalue weighted by molar-refractivity contribution is 0.581. The molecule has 0 aliphatic carbocycles. The molecule has 11 heteroatoms. The number of hydrogen-bond acceptors (Lipinski definition) is 8. The molecule has 9 nitrogen and oxygen atoms in total. The molecular formula is C21H22ClN5O4S. The fourth-order valence-corrected chi connectivity index (χ4v) is 4.14. The first kappa shape index (κ1) is 23.5. The van der Waals surface area contributed by atoms with Gasteiger partial charge in [-0.2, -0.15) is 0 Å². The van der Waals surface area contributed by atoms with E-state index in [0.717, 1.165) is 5.56 Å². The fourth-order valence-electron chi connectivity index (χ4n) is 3.28. The van der Waals surface area contributed by atoms with Crippen molar-refractivity contribution >= 4 is 50.1 Å². The number of primary sulfonamides is 1. The van der Waals surface area contributed by atoms with E-state index in [2.05, 4.69) is 15.3 Å². The Morgan fingerprint density at radius 2 is 2.03 bits per heavy atom. The molecule has 168 valence electrons. The molecule has 0 radical (unpaired) electrons. The third-order valence-electron chi connectivity index (χ3n) is 4.67. The van der Waals surface area contributed by atoms with Gasteiger partial charge in [0.05, 0.1) is 22.7 Å². The molecule has 3 aromatic rings. The molecule has 0 amide bonds. The topological polar surface area (TPSA) is 154 Å². The largest absolute Gasteiger partial charge is 0.455 e. The van der Waals surface area contributed by atoms with Gasteiger partial charge in [0.1, 0.15) is 16.5 Å².